The molecule has 0 aliphatic carbocycles. The molecular weight excluding hydrogens is 200 g/mol. The predicted octanol–water partition coefficient (Wildman–Crippen LogP) is 2.26. The number of likely N-dealkylation sites (N-methyl/N-ethyl adjacent to an activating group) is 1. The van der Waals surface area contributed by atoms with E-state index in [4.69, 9.17) is 5.73 Å². The second-order valence-electron chi connectivity index (χ2n) is 5.84. The van der Waals surface area contributed by atoms with Gasteiger partial charge in [0.05, 0.1) is 0 Å². The molecule has 0 rings (SSSR count). The lowest BCUT2D eigenvalue weighted by Crippen LogP contribution is -2.36. The first kappa shape index (κ1) is 15.4. The molecule has 0 radical (unpaired) electrons. The molecule has 0 spiro atoms. The lowest BCUT2D eigenvalue weighted by atomic mass is 9.84. The third-order valence-electron chi connectivity index (χ3n) is 2.62. The molecule has 16 heavy (non-hydrogen) atoms. The van der Waals surface area contributed by atoms with Gasteiger partial charge >= 0.3 is 0 Å². The van der Waals surface area contributed by atoms with Gasteiger partial charge in [-0.05, 0) is 24.7 Å². The zero-order valence-corrected chi connectivity index (χ0v) is 11.5. The summed E-state index contributed by atoms with van der Waals surface area (Å²) in [7, 11) is 0. The highest BCUT2D eigenvalue weighted by Gasteiger charge is 2.19. The van der Waals surface area contributed by atoms with Crippen molar-refractivity contribution in [3.8, 4) is 0 Å². The Hall–Kier alpha value is -0.570. The Morgan fingerprint density at radius 2 is 1.94 bits per heavy atom. The molecule has 0 saturated carbocycles. The number of hydrogen-bond acceptors (Lipinski definition) is 2. The summed E-state index contributed by atoms with van der Waals surface area (Å²) < 4.78 is 0. The molecule has 1 unspecified atom stereocenters. The average Bonchev–Trinajstić information content (AvgIpc) is 2.10. The largest absolute Gasteiger partial charge is 0.342 e. The van der Waals surface area contributed by atoms with Crippen LogP contribution in [0.15, 0.2) is 0 Å². The Morgan fingerprint density at radius 1 is 1.38 bits per heavy atom. The van der Waals surface area contributed by atoms with E-state index in [-0.39, 0.29) is 5.91 Å². The van der Waals surface area contributed by atoms with Crippen LogP contribution >= 0.6 is 0 Å². The first-order valence-corrected chi connectivity index (χ1v) is 6.28. The lowest BCUT2D eigenvalue weighted by molar-refractivity contribution is -0.132. The maximum atomic E-state index is 11.9. The topological polar surface area (TPSA) is 46.3 Å². The molecule has 0 aromatic rings. The van der Waals surface area contributed by atoms with Gasteiger partial charge in [-0.15, -0.1) is 0 Å². The van der Waals surface area contributed by atoms with Crippen LogP contribution in [0.5, 0.6) is 0 Å². The van der Waals surface area contributed by atoms with Crippen molar-refractivity contribution >= 4 is 5.91 Å². The number of hydrogen-bond donors (Lipinski definition) is 1. The van der Waals surface area contributed by atoms with E-state index in [9.17, 15) is 4.79 Å². The van der Waals surface area contributed by atoms with Crippen LogP contribution in [0.4, 0.5) is 0 Å². The number of nitrogens with two attached hydrogens (primary N) is 1. The maximum Gasteiger partial charge on any atom is 0.222 e. The lowest BCUT2D eigenvalue weighted by Gasteiger charge is -2.26. The summed E-state index contributed by atoms with van der Waals surface area (Å²) in [6.45, 7) is 12.8. The van der Waals surface area contributed by atoms with Crippen LogP contribution in [0, 0.1) is 11.3 Å². The summed E-state index contributed by atoms with van der Waals surface area (Å²) in [4.78, 5) is 13.8. The van der Waals surface area contributed by atoms with E-state index in [0.717, 1.165) is 13.0 Å². The number of carbonyl (C=O) groups is 1. The van der Waals surface area contributed by atoms with E-state index in [0.29, 0.717) is 30.8 Å². The fourth-order valence-electron chi connectivity index (χ4n) is 2.16. The predicted molar refractivity (Wildman–Crippen MR) is 69.2 cm³/mol. The fraction of sp³-hybridized carbons (Fsp3) is 0.923. The van der Waals surface area contributed by atoms with Crippen molar-refractivity contribution in [1.29, 1.82) is 0 Å². The molecule has 1 atom stereocenters. The van der Waals surface area contributed by atoms with Gasteiger partial charge in [0.2, 0.25) is 5.91 Å². The summed E-state index contributed by atoms with van der Waals surface area (Å²) in [6, 6.07) is 0. The van der Waals surface area contributed by atoms with E-state index in [1.54, 1.807) is 0 Å². The Balaban J connectivity index is 4.11. The van der Waals surface area contributed by atoms with Crippen LogP contribution in [0.1, 0.15) is 47.5 Å². The SMILES string of the molecule is CCN(CCN)C(=O)CC(C)CC(C)(C)C. The minimum Gasteiger partial charge on any atom is -0.342 e. The summed E-state index contributed by atoms with van der Waals surface area (Å²) in [5.74, 6) is 0.684. The van der Waals surface area contributed by atoms with E-state index in [1.807, 2.05) is 11.8 Å². The molecule has 0 bridgehead atoms. The highest BCUT2D eigenvalue weighted by Crippen LogP contribution is 2.26. The van der Waals surface area contributed by atoms with Gasteiger partial charge < -0.3 is 10.6 Å². The second kappa shape index (κ2) is 6.89. The number of rotatable bonds is 6. The third kappa shape index (κ3) is 6.83. The molecule has 0 aromatic heterocycles. The standard InChI is InChI=1S/C13H28N2O/c1-6-15(8-7-14)12(16)9-11(2)10-13(3,4)5/h11H,6-10,14H2,1-5H3. The molecular formula is C13H28N2O. The van der Waals surface area contributed by atoms with Gasteiger partial charge in [-0.1, -0.05) is 27.7 Å². The molecule has 0 aliphatic heterocycles. The van der Waals surface area contributed by atoms with E-state index in [1.165, 1.54) is 0 Å². The molecule has 96 valence electrons. The summed E-state index contributed by atoms with van der Waals surface area (Å²) >= 11 is 0. The van der Waals surface area contributed by atoms with Crippen LogP contribution in [-0.2, 0) is 4.79 Å². The van der Waals surface area contributed by atoms with Gasteiger partial charge in [0, 0.05) is 26.1 Å². The molecule has 2 N–H and O–H groups in total. The van der Waals surface area contributed by atoms with Crippen molar-refractivity contribution in [3.05, 3.63) is 0 Å². The monoisotopic (exact) mass is 228 g/mol. The van der Waals surface area contributed by atoms with Gasteiger partial charge in [-0.25, -0.2) is 0 Å². The van der Waals surface area contributed by atoms with Gasteiger partial charge in [0.25, 0.3) is 0 Å². The van der Waals surface area contributed by atoms with Crippen LogP contribution in [0.3, 0.4) is 0 Å². The van der Waals surface area contributed by atoms with Crippen molar-refractivity contribution in [2.75, 3.05) is 19.6 Å². The number of carbonyl (C=O) groups excluding carboxylic acids is 1. The summed E-state index contributed by atoms with van der Waals surface area (Å²) in [5, 5.41) is 0. The Morgan fingerprint density at radius 3 is 2.31 bits per heavy atom. The smallest absolute Gasteiger partial charge is 0.222 e. The first-order valence-electron chi connectivity index (χ1n) is 6.28. The van der Waals surface area contributed by atoms with E-state index < -0.39 is 0 Å². The van der Waals surface area contributed by atoms with Crippen LogP contribution in [-0.4, -0.2) is 30.4 Å². The molecule has 0 saturated heterocycles. The Labute approximate surface area is 100 Å². The Bertz CT molecular complexity index is 208. The Kier molecular flexibility index (Phi) is 6.65. The molecule has 0 aliphatic rings. The normalized spacial score (nSPS) is 13.6. The van der Waals surface area contributed by atoms with Crippen molar-refractivity contribution < 1.29 is 4.79 Å². The number of nitrogens with zero attached hydrogens (tertiary/aromatic N) is 1. The average molecular weight is 228 g/mol. The molecule has 0 heterocycles. The van der Waals surface area contributed by atoms with Gasteiger partial charge in [0.15, 0.2) is 0 Å². The van der Waals surface area contributed by atoms with Crippen molar-refractivity contribution in [2.24, 2.45) is 17.1 Å². The highest BCUT2D eigenvalue weighted by molar-refractivity contribution is 5.76. The van der Waals surface area contributed by atoms with Gasteiger partial charge in [-0.2, -0.15) is 0 Å². The third-order valence-corrected chi connectivity index (χ3v) is 2.62. The van der Waals surface area contributed by atoms with E-state index in [2.05, 4.69) is 27.7 Å². The van der Waals surface area contributed by atoms with Gasteiger partial charge in [0.1, 0.15) is 0 Å². The maximum absolute atomic E-state index is 11.9. The van der Waals surface area contributed by atoms with Crippen LogP contribution in [0.25, 0.3) is 0 Å². The zero-order valence-electron chi connectivity index (χ0n) is 11.5. The second-order valence-corrected chi connectivity index (χ2v) is 5.84. The highest BCUT2D eigenvalue weighted by atomic mass is 16.2. The molecule has 3 nitrogen and oxygen atoms in total. The van der Waals surface area contributed by atoms with Crippen molar-refractivity contribution in [1.82, 2.24) is 4.90 Å². The molecule has 3 heteroatoms. The fourth-order valence-corrected chi connectivity index (χ4v) is 2.16. The minimum atomic E-state index is 0.240. The van der Waals surface area contributed by atoms with Gasteiger partial charge in [-0.3, -0.25) is 4.79 Å². The molecule has 1 amide bonds. The minimum absolute atomic E-state index is 0.240. The van der Waals surface area contributed by atoms with Crippen molar-refractivity contribution in [3.63, 3.8) is 0 Å². The molecule has 0 aromatic carbocycles. The van der Waals surface area contributed by atoms with Crippen LogP contribution in [0.2, 0.25) is 0 Å². The number of amides is 1. The quantitative estimate of drug-likeness (QED) is 0.758. The summed E-state index contributed by atoms with van der Waals surface area (Å²) in [6.07, 6.45) is 1.73. The zero-order chi connectivity index (χ0) is 12.8. The van der Waals surface area contributed by atoms with E-state index >= 15 is 0 Å². The van der Waals surface area contributed by atoms with Crippen LogP contribution < -0.4 is 5.73 Å². The molecule has 0 fully saturated rings. The summed E-state index contributed by atoms with van der Waals surface area (Å²) in [5.41, 5.74) is 5.78. The first-order chi connectivity index (χ1) is 7.30. The van der Waals surface area contributed by atoms with Crippen molar-refractivity contribution in [2.45, 2.75) is 47.5 Å².